The highest BCUT2D eigenvalue weighted by Gasteiger charge is 2.41. The zero-order valence-corrected chi connectivity index (χ0v) is 13.4. The summed E-state index contributed by atoms with van der Waals surface area (Å²) in [4.78, 5) is 1.11. The molecule has 1 aliphatic rings. The minimum Gasteiger partial charge on any atom is -0.312 e. The number of rotatable bonds is 7. The van der Waals surface area contributed by atoms with Crippen LogP contribution in [0.1, 0.15) is 43.6 Å². The number of nitrogens with one attached hydrogen (secondary N) is 2. The van der Waals surface area contributed by atoms with Crippen LogP contribution in [0.3, 0.4) is 0 Å². The van der Waals surface area contributed by atoms with Crippen molar-refractivity contribution in [2.75, 3.05) is 6.54 Å². The Hall–Kier alpha value is -0.430. The SMILES string of the molecule is CCCNCc1sc(S(=O)(=O)NC2(C)CC2)cc1C. The van der Waals surface area contributed by atoms with Gasteiger partial charge in [0.2, 0.25) is 0 Å². The molecule has 108 valence electrons. The maximum atomic E-state index is 12.3. The average molecular weight is 302 g/mol. The number of sulfonamides is 1. The van der Waals surface area contributed by atoms with E-state index in [1.807, 2.05) is 13.8 Å². The van der Waals surface area contributed by atoms with Gasteiger partial charge < -0.3 is 5.32 Å². The third-order valence-electron chi connectivity index (χ3n) is 3.36. The molecular weight excluding hydrogens is 280 g/mol. The Morgan fingerprint density at radius 1 is 1.42 bits per heavy atom. The molecule has 2 N–H and O–H groups in total. The monoisotopic (exact) mass is 302 g/mol. The summed E-state index contributed by atoms with van der Waals surface area (Å²) < 4.78 is 27.8. The largest absolute Gasteiger partial charge is 0.312 e. The van der Waals surface area contributed by atoms with Crippen LogP contribution in [-0.4, -0.2) is 20.5 Å². The topological polar surface area (TPSA) is 58.2 Å². The van der Waals surface area contributed by atoms with Crippen molar-refractivity contribution in [1.82, 2.24) is 10.0 Å². The lowest BCUT2D eigenvalue weighted by Crippen LogP contribution is -2.33. The Kier molecular flexibility index (Phi) is 4.35. The van der Waals surface area contributed by atoms with E-state index in [2.05, 4.69) is 17.0 Å². The second-order valence-electron chi connectivity index (χ2n) is 5.51. The van der Waals surface area contributed by atoms with Gasteiger partial charge in [-0.1, -0.05) is 6.92 Å². The van der Waals surface area contributed by atoms with Crippen molar-refractivity contribution >= 4 is 21.4 Å². The zero-order chi connectivity index (χ0) is 14.1. The summed E-state index contributed by atoms with van der Waals surface area (Å²) in [6.07, 6.45) is 2.94. The molecule has 1 aromatic rings. The van der Waals surface area contributed by atoms with Gasteiger partial charge in [0.15, 0.2) is 0 Å². The predicted octanol–water partition coefficient (Wildman–Crippen LogP) is 2.39. The maximum Gasteiger partial charge on any atom is 0.250 e. The maximum absolute atomic E-state index is 12.3. The van der Waals surface area contributed by atoms with Crippen LogP contribution < -0.4 is 10.0 Å². The van der Waals surface area contributed by atoms with E-state index in [0.717, 1.165) is 42.8 Å². The van der Waals surface area contributed by atoms with Crippen molar-refractivity contribution in [3.05, 3.63) is 16.5 Å². The quantitative estimate of drug-likeness (QED) is 0.760. The second kappa shape index (κ2) is 5.52. The van der Waals surface area contributed by atoms with E-state index in [4.69, 9.17) is 0 Å². The van der Waals surface area contributed by atoms with Crippen molar-refractivity contribution < 1.29 is 8.42 Å². The van der Waals surface area contributed by atoms with Gasteiger partial charge in [-0.2, -0.15) is 0 Å². The molecule has 0 radical (unpaired) electrons. The van der Waals surface area contributed by atoms with Gasteiger partial charge in [0.1, 0.15) is 4.21 Å². The van der Waals surface area contributed by atoms with Gasteiger partial charge >= 0.3 is 0 Å². The molecule has 1 fully saturated rings. The van der Waals surface area contributed by atoms with Crippen LogP contribution in [0.15, 0.2) is 10.3 Å². The van der Waals surface area contributed by atoms with Gasteiger partial charge in [-0.05, 0) is 51.3 Å². The van der Waals surface area contributed by atoms with Crippen LogP contribution in [0, 0.1) is 6.92 Å². The number of thiophene rings is 1. The Labute approximate surface area is 119 Å². The highest BCUT2D eigenvalue weighted by Crippen LogP contribution is 2.37. The fraction of sp³-hybridized carbons (Fsp3) is 0.692. The summed E-state index contributed by atoms with van der Waals surface area (Å²) >= 11 is 1.37. The highest BCUT2D eigenvalue weighted by molar-refractivity contribution is 7.91. The summed E-state index contributed by atoms with van der Waals surface area (Å²) in [6, 6.07) is 1.78. The van der Waals surface area contributed by atoms with Crippen molar-refractivity contribution in [3.8, 4) is 0 Å². The molecule has 0 atom stereocenters. The van der Waals surface area contributed by atoms with Gasteiger partial charge in [-0.25, -0.2) is 13.1 Å². The van der Waals surface area contributed by atoms with Crippen molar-refractivity contribution in [2.24, 2.45) is 0 Å². The fourth-order valence-corrected chi connectivity index (χ4v) is 4.86. The molecular formula is C13H22N2O2S2. The van der Waals surface area contributed by atoms with Crippen molar-refractivity contribution in [3.63, 3.8) is 0 Å². The van der Waals surface area contributed by atoms with E-state index < -0.39 is 10.0 Å². The smallest absolute Gasteiger partial charge is 0.250 e. The molecule has 1 aliphatic carbocycles. The molecule has 1 heterocycles. The third kappa shape index (κ3) is 3.78. The number of aryl methyl sites for hydroxylation is 1. The van der Waals surface area contributed by atoms with Gasteiger partial charge in [0, 0.05) is 17.0 Å². The first-order valence-corrected chi connectivity index (χ1v) is 9.00. The van der Waals surface area contributed by atoms with Gasteiger partial charge in [0.25, 0.3) is 10.0 Å². The molecule has 4 nitrogen and oxygen atoms in total. The molecule has 0 bridgehead atoms. The van der Waals surface area contributed by atoms with Crippen LogP contribution in [0.2, 0.25) is 0 Å². The lowest BCUT2D eigenvalue weighted by Gasteiger charge is -2.10. The van der Waals surface area contributed by atoms with Crippen LogP contribution in [0.25, 0.3) is 0 Å². The Balaban J connectivity index is 2.10. The van der Waals surface area contributed by atoms with Crippen molar-refractivity contribution in [2.45, 2.75) is 56.3 Å². The Morgan fingerprint density at radius 3 is 2.68 bits per heavy atom. The number of hydrogen-bond acceptors (Lipinski definition) is 4. The van der Waals surface area contributed by atoms with E-state index in [0.29, 0.717) is 4.21 Å². The molecule has 0 aromatic carbocycles. The molecule has 0 amide bonds. The predicted molar refractivity (Wildman–Crippen MR) is 79.0 cm³/mol. The molecule has 0 aliphatic heterocycles. The Morgan fingerprint density at radius 2 is 2.11 bits per heavy atom. The molecule has 1 aromatic heterocycles. The third-order valence-corrected chi connectivity index (χ3v) is 6.71. The zero-order valence-electron chi connectivity index (χ0n) is 11.7. The van der Waals surface area contributed by atoms with Crippen LogP contribution in [0.4, 0.5) is 0 Å². The van der Waals surface area contributed by atoms with Gasteiger partial charge in [-0.15, -0.1) is 11.3 Å². The number of hydrogen-bond donors (Lipinski definition) is 2. The molecule has 0 unspecified atom stereocenters. The van der Waals surface area contributed by atoms with E-state index >= 15 is 0 Å². The Bertz CT molecular complexity index is 545. The lowest BCUT2D eigenvalue weighted by molar-refractivity contribution is 0.560. The summed E-state index contributed by atoms with van der Waals surface area (Å²) in [5.41, 5.74) is 0.840. The van der Waals surface area contributed by atoms with E-state index in [-0.39, 0.29) is 5.54 Å². The minimum absolute atomic E-state index is 0.211. The molecule has 6 heteroatoms. The first kappa shape index (κ1) is 15.0. The summed E-state index contributed by atoms with van der Waals surface area (Å²) in [7, 11) is -3.35. The van der Waals surface area contributed by atoms with E-state index in [1.54, 1.807) is 6.07 Å². The first-order valence-electron chi connectivity index (χ1n) is 6.70. The van der Waals surface area contributed by atoms with Gasteiger partial charge in [0.05, 0.1) is 0 Å². The molecule has 2 rings (SSSR count). The van der Waals surface area contributed by atoms with E-state index in [1.165, 1.54) is 11.3 Å². The van der Waals surface area contributed by atoms with Crippen LogP contribution in [-0.2, 0) is 16.6 Å². The molecule has 0 spiro atoms. The fourth-order valence-electron chi connectivity index (χ4n) is 1.84. The normalized spacial score (nSPS) is 17.6. The average Bonchev–Trinajstić information content (AvgIpc) is 2.89. The standard InChI is InChI=1S/C13H22N2O2S2/c1-4-7-14-9-11-10(2)8-12(18-11)19(16,17)15-13(3)5-6-13/h8,14-15H,4-7,9H2,1-3H3. The lowest BCUT2D eigenvalue weighted by atomic mass is 10.3. The van der Waals surface area contributed by atoms with Crippen molar-refractivity contribution in [1.29, 1.82) is 0 Å². The van der Waals surface area contributed by atoms with Crippen LogP contribution >= 0.6 is 11.3 Å². The second-order valence-corrected chi connectivity index (χ2v) is 8.56. The first-order chi connectivity index (χ1) is 8.86. The molecule has 19 heavy (non-hydrogen) atoms. The van der Waals surface area contributed by atoms with Gasteiger partial charge in [-0.3, -0.25) is 0 Å². The summed E-state index contributed by atoms with van der Waals surface area (Å²) in [6.45, 7) is 7.74. The summed E-state index contributed by atoms with van der Waals surface area (Å²) in [5.74, 6) is 0. The highest BCUT2D eigenvalue weighted by atomic mass is 32.2. The molecule has 1 saturated carbocycles. The molecule has 0 saturated heterocycles. The van der Waals surface area contributed by atoms with Crippen LogP contribution in [0.5, 0.6) is 0 Å². The summed E-state index contributed by atoms with van der Waals surface area (Å²) in [5, 5.41) is 3.31. The minimum atomic E-state index is -3.35. The van der Waals surface area contributed by atoms with E-state index in [9.17, 15) is 8.42 Å².